The molecule has 0 fully saturated rings. The second-order valence-electron chi connectivity index (χ2n) is 7.14. The lowest BCUT2D eigenvalue weighted by Gasteiger charge is -2.19. The Bertz CT molecular complexity index is 1200. The minimum atomic E-state index is -4.60. The van der Waals surface area contributed by atoms with Crippen LogP contribution >= 0.6 is 11.6 Å². The third-order valence-electron chi connectivity index (χ3n) is 5.12. The Balaban J connectivity index is 1.70. The Kier molecular flexibility index (Phi) is 5.78. The first kappa shape index (κ1) is 21.1. The summed E-state index contributed by atoms with van der Waals surface area (Å²) in [7, 11) is 0. The maximum Gasteiger partial charge on any atom is 0.417 e. The highest BCUT2D eigenvalue weighted by atomic mass is 35.5. The van der Waals surface area contributed by atoms with Crippen molar-refractivity contribution in [1.29, 1.82) is 0 Å². The first-order valence-electron chi connectivity index (χ1n) is 9.54. The first-order chi connectivity index (χ1) is 14.8. The normalized spacial score (nSPS) is 12.8. The Morgan fingerprint density at radius 2 is 1.94 bits per heavy atom. The predicted molar refractivity (Wildman–Crippen MR) is 112 cm³/mol. The van der Waals surface area contributed by atoms with Gasteiger partial charge in [0, 0.05) is 29.4 Å². The molecule has 0 bridgehead atoms. The molecular formula is C23H18ClF3N2O2. The molecule has 0 unspecified atom stereocenters. The second-order valence-corrected chi connectivity index (χ2v) is 7.55. The molecule has 1 atom stereocenters. The van der Waals surface area contributed by atoms with E-state index in [9.17, 15) is 18.0 Å². The fourth-order valence-corrected chi connectivity index (χ4v) is 3.85. The van der Waals surface area contributed by atoms with Crippen LogP contribution in [0.4, 0.5) is 13.2 Å². The highest BCUT2D eigenvalue weighted by Crippen LogP contribution is 2.39. The fraction of sp³-hybridized carbons (Fsp3) is 0.174. The smallest absolute Gasteiger partial charge is 0.417 e. The van der Waals surface area contributed by atoms with Crippen LogP contribution in [0.25, 0.3) is 10.9 Å². The van der Waals surface area contributed by atoms with Gasteiger partial charge in [0.2, 0.25) is 5.91 Å². The van der Waals surface area contributed by atoms with Crippen molar-refractivity contribution in [3.8, 4) is 0 Å². The van der Waals surface area contributed by atoms with Crippen LogP contribution in [0.3, 0.4) is 0 Å². The Morgan fingerprint density at radius 3 is 2.68 bits per heavy atom. The van der Waals surface area contributed by atoms with Gasteiger partial charge in [0.05, 0.1) is 23.4 Å². The molecule has 2 aromatic carbocycles. The van der Waals surface area contributed by atoms with Crippen molar-refractivity contribution in [2.45, 2.75) is 25.1 Å². The molecule has 160 valence electrons. The number of nitrogens with one attached hydrogen (secondary N) is 2. The molecule has 0 spiro atoms. The summed E-state index contributed by atoms with van der Waals surface area (Å²) in [6.45, 7) is 0.195. The van der Waals surface area contributed by atoms with Crippen LogP contribution in [0.2, 0.25) is 5.02 Å². The number of furan rings is 1. The maximum atomic E-state index is 13.4. The van der Waals surface area contributed by atoms with Gasteiger partial charge >= 0.3 is 6.18 Å². The Hall–Kier alpha value is -3.19. The van der Waals surface area contributed by atoms with E-state index < -0.39 is 17.7 Å². The molecule has 0 saturated heterocycles. The number of amides is 1. The van der Waals surface area contributed by atoms with Gasteiger partial charge in [-0.3, -0.25) is 4.79 Å². The van der Waals surface area contributed by atoms with Crippen LogP contribution < -0.4 is 5.32 Å². The van der Waals surface area contributed by atoms with E-state index in [0.717, 1.165) is 22.5 Å². The van der Waals surface area contributed by atoms with Gasteiger partial charge in [0.25, 0.3) is 0 Å². The molecule has 2 N–H and O–H groups in total. The zero-order valence-electron chi connectivity index (χ0n) is 16.2. The molecule has 2 aromatic heterocycles. The SMILES string of the molecule is O=C(C[C@@H](c1ccc(Cl)c(C(F)(F)F)c1)c1c[nH]c2ccccc12)NCc1ccco1. The number of aromatic nitrogens is 1. The average Bonchev–Trinajstić information content (AvgIpc) is 3.40. The van der Waals surface area contributed by atoms with Crippen molar-refractivity contribution < 1.29 is 22.4 Å². The van der Waals surface area contributed by atoms with Gasteiger partial charge in [-0.1, -0.05) is 35.9 Å². The van der Waals surface area contributed by atoms with Gasteiger partial charge in [0.1, 0.15) is 5.76 Å². The molecule has 2 heterocycles. The van der Waals surface area contributed by atoms with Crippen molar-refractivity contribution in [2.24, 2.45) is 0 Å². The summed E-state index contributed by atoms with van der Waals surface area (Å²) < 4.78 is 45.6. The van der Waals surface area contributed by atoms with Crippen LogP contribution in [0.5, 0.6) is 0 Å². The number of benzene rings is 2. The van der Waals surface area contributed by atoms with Crippen LogP contribution in [0.1, 0.15) is 34.8 Å². The molecular weight excluding hydrogens is 429 g/mol. The van der Waals surface area contributed by atoms with E-state index in [1.807, 2.05) is 24.3 Å². The average molecular weight is 447 g/mol. The molecule has 0 aliphatic rings. The quantitative estimate of drug-likeness (QED) is 0.366. The topological polar surface area (TPSA) is 58.0 Å². The lowest BCUT2D eigenvalue weighted by molar-refractivity contribution is -0.137. The van der Waals surface area contributed by atoms with E-state index in [0.29, 0.717) is 11.3 Å². The molecule has 1 amide bonds. The highest BCUT2D eigenvalue weighted by molar-refractivity contribution is 6.31. The van der Waals surface area contributed by atoms with Gasteiger partial charge in [-0.2, -0.15) is 13.2 Å². The molecule has 4 nitrogen and oxygen atoms in total. The molecule has 0 saturated carbocycles. The van der Waals surface area contributed by atoms with Gasteiger partial charge in [0.15, 0.2) is 0 Å². The van der Waals surface area contributed by atoms with Crippen LogP contribution in [0.15, 0.2) is 71.5 Å². The van der Waals surface area contributed by atoms with Crippen molar-refractivity contribution in [3.63, 3.8) is 0 Å². The molecule has 4 rings (SSSR count). The fourth-order valence-electron chi connectivity index (χ4n) is 3.62. The summed E-state index contributed by atoms with van der Waals surface area (Å²) >= 11 is 5.80. The van der Waals surface area contributed by atoms with Crippen LogP contribution in [-0.4, -0.2) is 10.9 Å². The highest BCUT2D eigenvalue weighted by Gasteiger charge is 2.34. The number of hydrogen-bond acceptors (Lipinski definition) is 2. The minimum absolute atomic E-state index is 0.0402. The molecule has 0 radical (unpaired) electrons. The van der Waals surface area contributed by atoms with Gasteiger partial charge in [-0.05, 0) is 41.5 Å². The third kappa shape index (κ3) is 4.61. The number of H-pyrrole nitrogens is 1. The van der Waals surface area contributed by atoms with Crippen LogP contribution in [-0.2, 0) is 17.5 Å². The van der Waals surface area contributed by atoms with E-state index >= 15 is 0 Å². The lowest BCUT2D eigenvalue weighted by atomic mass is 9.87. The van der Waals surface area contributed by atoms with Crippen molar-refractivity contribution in [3.05, 3.63) is 94.5 Å². The number of alkyl halides is 3. The second kappa shape index (κ2) is 8.51. The summed E-state index contributed by atoms with van der Waals surface area (Å²) in [5, 5.41) is 3.22. The monoisotopic (exact) mass is 446 g/mol. The number of aromatic amines is 1. The van der Waals surface area contributed by atoms with E-state index in [4.69, 9.17) is 16.0 Å². The largest absolute Gasteiger partial charge is 0.467 e. The van der Waals surface area contributed by atoms with E-state index in [1.165, 1.54) is 18.4 Å². The van der Waals surface area contributed by atoms with Gasteiger partial charge in [-0.25, -0.2) is 0 Å². The zero-order chi connectivity index (χ0) is 22.0. The molecule has 4 aromatic rings. The summed E-state index contributed by atoms with van der Waals surface area (Å²) in [4.78, 5) is 15.8. The summed E-state index contributed by atoms with van der Waals surface area (Å²) in [6, 6.07) is 14.7. The number of hydrogen-bond donors (Lipinski definition) is 2. The number of rotatable bonds is 6. The first-order valence-corrected chi connectivity index (χ1v) is 9.92. The molecule has 8 heteroatoms. The molecule has 31 heavy (non-hydrogen) atoms. The third-order valence-corrected chi connectivity index (χ3v) is 5.45. The summed E-state index contributed by atoms with van der Waals surface area (Å²) in [5.41, 5.74) is 1.00. The van der Waals surface area contributed by atoms with Gasteiger partial charge < -0.3 is 14.7 Å². The Labute approximate surface area is 181 Å². The molecule has 0 aliphatic carbocycles. The number of carbonyl (C=O) groups excluding carboxylic acids is 1. The van der Waals surface area contributed by atoms with Crippen molar-refractivity contribution in [2.75, 3.05) is 0 Å². The number of halogens is 4. The Morgan fingerprint density at radius 1 is 1.13 bits per heavy atom. The number of fused-ring (bicyclic) bond motifs is 1. The predicted octanol–water partition coefficient (Wildman–Crippen LogP) is 6.27. The van der Waals surface area contributed by atoms with Crippen LogP contribution in [0, 0.1) is 0 Å². The standard InChI is InChI=1S/C23H18ClF3N2O2/c24-20-8-7-14(10-19(20)23(25,26)27)17(11-22(30)29-12-15-4-3-9-31-15)18-13-28-21-6-2-1-5-16(18)21/h1-10,13,17,28H,11-12H2,(H,29,30)/t17-/m0/s1. The summed E-state index contributed by atoms with van der Waals surface area (Å²) in [6.07, 6.45) is -1.40. The zero-order valence-corrected chi connectivity index (χ0v) is 16.9. The van der Waals surface area contributed by atoms with Crippen molar-refractivity contribution >= 4 is 28.4 Å². The van der Waals surface area contributed by atoms with E-state index in [-0.39, 0.29) is 23.9 Å². The lowest BCUT2D eigenvalue weighted by Crippen LogP contribution is -2.25. The van der Waals surface area contributed by atoms with E-state index in [2.05, 4.69) is 10.3 Å². The minimum Gasteiger partial charge on any atom is -0.467 e. The van der Waals surface area contributed by atoms with E-state index in [1.54, 1.807) is 18.3 Å². The molecule has 0 aliphatic heterocycles. The summed E-state index contributed by atoms with van der Waals surface area (Å²) in [5.74, 6) is -0.329. The number of para-hydroxylation sites is 1. The maximum absolute atomic E-state index is 13.4. The number of carbonyl (C=O) groups is 1. The van der Waals surface area contributed by atoms with Gasteiger partial charge in [-0.15, -0.1) is 0 Å². The van der Waals surface area contributed by atoms with Crippen molar-refractivity contribution in [1.82, 2.24) is 10.3 Å².